The van der Waals surface area contributed by atoms with Crippen LogP contribution in [-0.2, 0) is 9.53 Å². The third-order valence-electron chi connectivity index (χ3n) is 4.18. The van der Waals surface area contributed by atoms with Gasteiger partial charge in [0.15, 0.2) is 0 Å². The first-order valence-corrected chi connectivity index (χ1v) is 8.17. The van der Waals surface area contributed by atoms with Crippen LogP contribution in [0.25, 0.3) is 0 Å². The molecule has 4 nitrogen and oxygen atoms in total. The minimum absolute atomic E-state index is 0.153. The fourth-order valence-corrected chi connectivity index (χ4v) is 2.97. The lowest BCUT2D eigenvalue weighted by Crippen LogP contribution is -2.46. The molecule has 1 N–H and O–H groups in total. The minimum atomic E-state index is 0.153. The number of nitrogens with zero attached hydrogens (tertiary/aromatic N) is 1. The van der Waals surface area contributed by atoms with Crippen molar-refractivity contribution in [3.05, 3.63) is 0 Å². The molecule has 4 heteroatoms. The largest absolute Gasteiger partial charge is 0.381 e. The Hall–Kier alpha value is -0.610. The first kappa shape index (κ1) is 17.4. The first-order valence-electron chi connectivity index (χ1n) is 8.17. The Morgan fingerprint density at radius 1 is 1.25 bits per heavy atom. The molecule has 1 saturated heterocycles. The van der Waals surface area contributed by atoms with Gasteiger partial charge in [0.1, 0.15) is 0 Å². The van der Waals surface area contributed by atoms with Crippen molar-refractivity contribution in [1.82, 2.24) is 10.2 Å². The van der Waals surface area contributed by atoms with E-state index >= 15 is 0 Å². The van der Waals surface area contributed by atoms with Crippen molar-refractivity contribution in [3.63, 3.8) is 0 Å². The molecule has 1 heterocycles. The summed E-state index contributed by atoms with van der Waals surface area (Å²) in [7, 11) is 0. The number of hydrogen-bond donors (Lipinski definition) is 1. The second-order valence-corrected chi connectivity index (χ2v) is 6.14. The van der Waals surface area contributed by atoms with Crippen molar-refractivity contribution in [1.29, 1.82) is 0 Å². The Morgan fingerprint density at radius 2 is 1.85 bits per heavy atom. The van der Waals surface area contributed by atoms with Gasteiger partial charge in [-0.15, -0.1) is 0 Å². The summed E-state index contributed by atoms with van der Waals surface area (Å²) in [6, 6.07) is 0.453. The van der Waals surface area contributed by atoms with E-state index in [0.717, 1.165) is 52.1 Å². The summed E-state index contributed by atoms with van der Waals surface area (Å²) < 4.78 is 5.31. The van der Waals surface area contributed by atoms with Gasteiger partial charge in [0.25, 0.3) is 0 Å². The lowest BCUT2D eigenvalue weighted by atomic mass is 9.98. The van der Waals surface area contributed by atoms with Gasteiger partial charge < -0.3 is 10.1 Å². The van der Waals surface area contributed by atoms with Gasteiger partial charge in [0, 0.05) is 31.7 Å². The Morgan fingerprint density at radius 3 is 2.35 bits per heavy atom. The molecule has 0 bridgehead atoms. The van der Waals surface area contributed by atoms with Crippen LogP contribution in [0.2, 0.25) is 0 Å². The predicted molar refractivity (Wildman–Crippen MR) is 82.7 cm³/mol. The Labute approximate surface area is 124 Å². The number of carbonyl (C=O) groups excluding carboxylic acids is 1. The lowest BCUT2D eigenvalue weighted by Gasteiger charge is -2.32. The smallest absolute Gasteiger partial charge is 0.223 e. The van der Waals surface area contributed by atoms with E-state index in [0.29, 0.717) is 12.0 Å². The standard InChI is InChI=1S/C16H32N2O2/c1-5-18(6-2)15(11-13(3)4)12-17-16(19)14-7-9-20-10-8-14/h13-15H,5-12H2,1-4H3,(H,17,19). The zero-order chi connectivity index (χ0) is 15.0. The van der Waals surface area contributed by atoms with Crippen molar-refractivity contribution < 1.29 is 9.53 Å². The second kappa shape index (κ2) is 9.35. The summed E-state index contributed by atoms with van der Waals surface area (Å²) in [6.07, 6.45) is 2.87. The Balaban J connectivity index is 2.45. The number of rotatable bonds is 8. The number of likely N-dealkylation sites (N-methyl/N-ethyl adjacent to an activating group) is 1. The van der Waals surface area contributed by atoms with Crippen LogP contribution in [0.5, 0.6) is 0 Å². The fourth-order valence-electron chi connectivity index (χ4n) is 2.97. The molecular weight excluding hydrogens is 252 g/mol. The molecule has 118 valence electrons. The summed E-state index contributed by atoms with van der Waals surface area (Å²) in [6.45, 7) is 13.2. The van der Waals surface area contributed by atoms with E-state index in [1.165, 1.54) is 0 Å². The highest BCUT2D eigenvalue weighted by molar-refractivity contribution is 5.78. The highest BCUT2D eigenvalue weighted by Crippen LogP contribution is 2.15. The zero-order valence-corrected chi connectivity index (χ0v) is 13.7. The van der Waals surface area contributed by atoms with Gasteiger partial charge in [-0.1, -0.05) is 27.7 Å². The molecular formula is C16H32N2O2. The maximum atomic E-state index is 12.2. The molecule has 0 aromatic rings. The van der Waals surface area contributed by atoms with Gasteiger partial charge in [-0.2, -0.15) is 0 Å². The molecule has 0 saturated carbocycles. The quantitative estimate of drug-likeness (QED) is 0.743. The van der Waals surface area contributed by atoms with E-state index in [1.807, 2.05) is 0 Å². The molecule has 0 aromatic carbocycles. The maximum absolute atomic E-state index is 12.2. The Kier molecular flexibility index (Phi) is 8.15. The van der Waals surface area contributed by atoms with Crippen molar-refractivity contribution in [2.45, 2.75) is 53.0 Å². The topological polar surface area (TPSA) is 41.6 Å². The molecule has 1 aliphatic heterocycles. The SMILES string of the molecule is CCN(CC)C(CNC(=O)C1CCOCC1)CC(C)C. The highest BCUT2D eigenvalue weighted by atomic mass is 16.5. The van der Waals surface area contributed by atoms with Crippen LogP contribution in [0.15, 0.2) is 0 Å². The van der Waals surface area contributed by atoms with E-state index < -0.39 is 0 Å². The molecule has 0 spiro atoms. The average molecular weight is 284 g/mol. The van der Waals surface area contributed by atoms with Crippen LogP contribution in [0.4, 0.5) is 0 Å². The normalized spacial score (nSPS) is 18.5. The second-order valence-electron chi connectivity index (χ2n) is 6.14. The minimum Gasteiger partial charge on any atom is -0.381 e. The zero-order valence-electron chi connectivity index (χ0n) is 13.7. The van der Waals surface area contributed by atoms with Crippen LogP contribution >= 0.6 is 0 Å². The van der Waals surface area contributed by atoms with Gasteiger partial charge in [-0.05, 0) is 38.3 Å². The molecule has 1 unspecified atom stereocenters. The van der Waals surface area contributed by atoms with Crippen molar-refractivity contribution in [3.8, 4) is 0 Å². The molecule has 0 aliphatic carbocycles. The van der Waals surface area contributed by atoms with Crippen LogP contribution in [0.1, 0.15) is 47.0 Å². The monoisotopic (exact) mass is 284 g/mol. The number of carbonyl (C=O) groups is 1. The predicted octanol–water partition coefficient (Wildman–Crippen LogP) is 2.29. The molecule has 1 aliphatic rings. The summed E-state index contributed by atoms with van der Waals surface area (Å²) in [4.78, 5) is 14.7. The molecule has 0 radical (unpaired) electrons. The molecule has 1 fully saturated rings. The summed E-state index contributed by atoms with van der Waals surface area (Å²) in [5.41, 5.74) is 0. The lowest BCUT2D eigenvalue weighted by molar-refractivity contribution is -0.128. The van der Waals surface area contributed by atoms with Gasteiger partial charge in [-0.25, -0.2) is 0 Å². The third kappa shape index (κ3) is 5.80. The first-order chi connectivity index (χ1) is 9.58. The molecule has 1 amide bonds. The van der Waals surface area contributed by atoms with E-state index in [2.05, 4.69) is 37.9 Å². The van der Waals surface area contributed by atoms with E-state index in [9.17, 15) is 4.79 Å². The summed E-state index contributed by atoms with van der Waals surface area (Å²) in [5.74, 6) is 1.02. The molecule has 1 atom stereocenters. The van der Waals surface area contributed by atoms with Crippen molar-refractivity contribution in [2.24, 2.45) is 11.8 Å². The van der Waals surface area contributed by atoms with Crippen LogP contribution < -0.4 is 5.32 Å². The van der Waals surface area contributed by atoms with E-state index in [-0.39, 0.29) is 11.8 Å². The Bertz CT molecular complexity index is 272. The van der Waals surface area contributed by atoms with Gasteiger partial charge in [-0.3, -0.25) is 9.69 Å². The fraction of sp³-hybridized carbons (Fsp3) is 0.938. The highest BCUT2D eigenvalue weighted by Gasteiger charge is 2.23. The molecule has 1 rings (SSSR count). The summed E-state index contributed by atoms with van der Waals surface area (Å²) >= 11 is 0. The maximum Gasteiger partial charge on any atom is 0.223 e. The molecule has 0 aromatic heterocycles. The third-order valence-corrected chi connectivity index (χ3v) is 4.18. The van der Waals surface area contributed by atoms with E-state index in [1.54, 1.807) is 0 Å². The number of nitrogens with one attached hydrogen (secondary N) is 1. The number of ether oxygens (including phenoxy) is 1. The van der Waals surface area contributed by atoms with Crippen LogP contribution in [-0.4, -0.2) is 49.7 Å². The van der Waals surface area contributed by atoms with Gasteiger partial charge in [0.05, 0.1) is 0 Å². The van der Waals surface area contributed by atoms with Crippen molar-refractivity contribution in [2.75, 3.05) is 32.8 Å². The summed E-state index contributed by atoms with van der Waals surface area (Å²) in [5, 5.41) is 3.17. The van der Waals surface area contributed by atoms with Crippen LogP contribution in [0.3, 0.4) is 0 Å². The number of hydrogen-bond acceptors (Lipinski definition) is 3. The average Bonchev–Trinajstić information content (AvgIpc) is 2.45. The van der Waals surface area contributed by atoms with Crippen LogP contribution in [0, 0.1) is 11.8 Å². The van der Waals surface area contributed by atoms with Gasteiger partial charge in [0.2, 0.25) is 5.91 Å². The van der Waals surface area contributed by atoms with Gasteiger partial charge >= 0.3 is 0 Å². The van der Waals surface area contributed by atoms with E-state index in [4.69, 9.17) is 4.74 Å². The number of amides is 1. The molecule has 20 heavy (non-hydrogen) atoms. The van der Waals surface area contributed by atoms with Crippen molar-refractivity contribution >= 4 is 5.91 Å².